The Balaban J connectivity index is 1.45. The maximum atomic E-state index is 12.5. The van der Waals surface area contributed by atoms with Crippen LogP contribution in [0.15, 0.2) is 0 Å². The molecule has 3 rings (SSSR count). The largest absolute Gasteiger partial charge is 0.372 e. The minimum atomic E-state index is -0.319. The van der Waals surface area contributed by atoms with Crippen molar-refractivity contribution in [3.63, 3.8) is 0 Å². The molecule has 1 N–H and O–H groups in total. The van der Waals surface area contributed by atoms with E-state index in [0.717, 1.165) is 12.8 Å². The summed E-state index contributed by atoms with van der Waals surface area (Å²) in [5, 5.41) is 3.15. The van der Waals surface area contributed by atoms with E-state index in [9.17, 15) is 9.59 Å². The van der Waals surface area contributed by atoms with Crippen LogP contribution in [0.5, 0.6) is 0 Å². The predicted octanol–water partition coefficient (Wildman–Crippen LogP) is -0.00670. The van der Waals surface area contributed by atoms with Crippen LogP contribution in [-0.2, 0) is 19.1 Å². The van der Waals surface area contributed by atoms with Gasteiger partial charge in [0, 0.05) is 19.2 Å². The topological polar surface area (TPSA) is 71.1 Å². The van der Waals surface area contributed by atoms with Gasteiger partial charge in [0.15, 0.2) is 0 Å². The molecule has 0 aromatic rings. The highest BCUT2D eigenvalue weighted by Gasteiger charge is 2.51. The van der Waals surface area contributed by atoms with Crippen molar-refractivity contribution < 1.29 is 19.1 Å². The van der Waals surface area contributed by atoms with Gasteiger partial charge in [0.2, 0.25) is 11.8 Å². The number of likely N-dealkylation sites (N-methyl/N-ethyl adjacent to an activating group) is 1. The van der Waals surface area contributed by atoms with Crippen LogP contribution in [0, 0.1) is 0 Å². The van der Waals surface area contributed by atoms with E-state index >= 15 is 0 Å². The van der Waals surface area contributed by atoms with Gasteiger partial charge in [0.25, 0.3) is 0 Å². The lowest BCUT2D eigenvalue weighted by atomic mass is 9.90. The van der Waals surface area contributed by atoms with Crippen LogP contribution in [0.2, 0.25) is 0 Å². The Bertz CT molecular complexity index is 472. The lowest BCUT2D eigenvalue weighted by Crippen LogP contribution is -2.73. The summed E-state index contributed by atoms with van der Waals surface area (Å²) in [5.74, 6) is 0.0812. The molecule has 0 aromatic carbocycles. The highest BCUT2D eigenvalue weighted by molar-refractivity contribution is 5.82. The van der Waals surface area contributed by atoms with E-state index in [1.807, 2.05) is 14.0 Å². The molecule has 2 amide bonds. The molecule has 1 spiro atoms. The molecule has 1 saturated carbocycles. The molecule has 0 bridgehead atoms. The van der Waals surface area contributed by atoms with Gasteiger partial charge in [0.1, 0.15) is 18.2 Å². The molecule has 2 heterocycles. The molecule has 0 radical (unpaired) electrons. The van der Waals surface area contributed by atoms with E-state index < -0.39 is 0 Å². The lowest BCUT2D eigenvalue weighted by molar-refractivity contribution is -0.202. The second-order valence-corrected chi connectivity index (χ2v) is 7.30. The fourth-order valence-electron chi connectivity index (χ4n) is 3.93. The van der Waals surface area contributed by atoms with Gasteiger partial charge in [-0.3, -0.25) is 14.5 Å². The first-order valence-corrected chi connectivity index (χ1v) is 9.03. The van der Waals surface area contributed by atoms with Crippen molar-refractivity contribution in [1.29, 1.82) is 0 Å². The molecular weight excluding hydrogens is 310 g/mol. The molecule has 2 aliphatic heterocycles. The molecule has 136 valence electrons. The molecule has 7 heteroatoms. The Morgan fingerprint density at radius 3 is 2.58 bits per heavy atom. The third-order valence-corrected chi connectivity index (χ3v) is 5.36. The number of hydrogen-bond acceptors (Lipinski definition) is 5. The van der Waals surface area contributed by atoms with Crippen molar-refractivity contribution in [3.8, 4) is 0 Å². The first-order valence-electron chi connectivity index (χ1n) is 9.03. The molecule has 1 atom stereocenters. The Morgan fingerprint density at radius 1 is 1.25 bits per heavy atom. The van der Waals surface area contributed by atoms with E-state index in [-0.39, 0.29) is 30.1 Å². The number of rotatable bonds is 5. The minimum Gasteiger partial charge on any atom is -0.372 e. The van der Waals surface area contributed by atoms with Gasteiger partial charge >= 0.3 is 0 Å². The van der Waals surface area contributed by atoms with Crippen molar-refractivity contribution >= 4 is 11.8 Å². The van der Waals surface area contributed by atoms with Crippen molar-refractivity contribution in [2.45, 2.75) is 50.3 Å². The molecule has 0 unspecified atom stereocenters. The van der Waals surface area contributed by atoms with Crippen LogP contribution < -0.4 is 5.32 Å². The first-order chi connectivity index (χ1) is 11.5. The zero-order chi connectivity index (χ0) is 17.2. The maximum Gasteiger partial charge on any atom is 0.248 e. The molecule has 1 aliphatic carbocycles. The summed E-state index contributed by atoms with van der Waals surface area (Å²) < 4.78 is 11.2. The molecule has 24 heavy (non-hydrogen) atoms. The van der Waals surface area contributed by atoms with Crippen LogP contribution in [0.25, 0.3) is 0 Å². The van der Waals surface area contributed by atoms with Crippen LogP contribution in [-0.4, -0.2) is 85.8 Å². The van der Waals surface area contributed by atoms with E-state index in [1.165, 1.54) is 12.8 Å². The summed E-state index contributed by atoms with van der Waals surface area (Å²) in [6.45, 7) is 4.79. The third-order valence-electron chi connectivity index (χ3n) is 5.36. The number of hydrogen-bond donors (Lipinski definition) is 1. The normalized spacial score (nSPS) is 27.2. The van der Waals surface area contributed by atoms with E-state index in [1.54, 1.807) is 4.90 Å². The van der Waals surface area contributed by atoms with E-state index in [4.69, 9.17) is 9.47 Å². The summed E-state index contributed by atoms with van der Waals surface area (Å²) in [6, 6.07) is 0.0987. The Labute approximate surface area is 143 Å². The number of likely N-dealkylation sites (tertiary alicyclic amines) is 1. The second-order valence-electron chi connectivity index (χ2n) is 7.30. The summed E-state index contributed by atoms with van der Waals surface area (Å²) in [4.78, 5) is 28.2. The molecule has 2 saturated heterocycles. The average Bonchev–Trinajstić information content (AvgIpc) is 3.02. The number of ether oxygens (including phenoxy) is 2. The van der Waals surface area contributed by atoms with Crippen LogP contribution in [0.1, 0.15) is 32.6 Å². The standard InChI is InChI=1S/C17H29N3O4/c1-3-23-9-15(21)20-11-17(12-20)10-19(2)14(8-24-17)16(22)18-13-6-4-5-7-13/h13-14H,3-12H2,1-2H3,(H,18,22)/t14-/m1/s1. The summed E-state index contributed by atoms with van der Waals surface area (Å²) in [7, 11) is 1.97. The summed E-state index contributed by atoms with van der Waals surface area (Å²) in [6.07, 6.45) is 4.58. The molecule has 3 aliphatic rings. The van der Waals surface area contributed by atoms with Gasteiger partial charge in [-0.25, -0.2) is 0 Å². The lowest BCUT2D eigenvalue weighted by Gasteiger charge is -2.54. The highest BCUT2D eigenvalue weighted by atomic mass is 16.5. The van der Waals surface area contributed by atoms with E-state index in [2.05, 4.69) is 10.2 Å². The van der Waals surface area contributed by atoms with Crippen LogP contribution >= 0.6 is 0 Å². The number of morpholine rings is 1. The number of nitrogens with one attached hydrogen (secondary N) is 1. The van der Waals surface area contributed by atoms with Crippen molar-refractivity contribution in [2.75, 3.05) is 46.5 Å². The monoisotopic (exact) mass is 339 g/mol. The fraction of sp³-hybridized carbons (Fsp3) is 0.882. The SMILES string of the molecule is CCOCC(=O)N1CC2(C1)CN(C)[C@@H](C(=O)NC1CCCC1)CO2. The smallest absolute Gasteiger partial charge is 0.248 e. The molecular formula is C17H29N3O4. The van der Waals surface area contributed by atoms with Crippen molar-refractivity contribution in [1.82, 2.24) is 15.1 Å². The highest BCUT2D eigenvalue weighted by Crippen LogP contribution is 2.30. The van der Waals surface area contributed by atoms with Gasteiger partial charge in [-0.1, -0.05) is 12.8 Å². The van der Waals surface area contributed by atoms with Crippen molar-refractivity contribution in [3.05, 3.63) is 0 Å². The minimum absolute atomic E-state index is 0.00910. The zero-order valence-corrected chi connectivity index (χ0v) is 14.8. The second kappa shape index (κ2) is 7.37. The van der Waals surface area contributed by atoms with Gasteiger partial charge in [-0.15, -0.1) is 0 Å². The van der Waals surface area contributed by atoms with Crippen LogP contribution in [0.4, 0.5) is 0 Å². The van der Waals surface area contributed by atoms with Gasteiger partial charge in [-0.05, 0) is 26.8 Å². The molecule has 0 aromatic heterocycles. The molecule has 7 nitrogen and oxygen atoms in total. The van der Waals surface area contributed by atoms with Gasteiger partial charge in [-0.2, -0.15) is 0 Å². The predicted molar refractivity (Wildman–Crippen MR) is 88.6 cm³/mol. The average molecular weight is 339 g/mol. The number of carbonyl (C=O) groups is 2. The Hall–Kier alpha value is -1.18. The van der Waals surface area contributed by atoms with Crippen LogP contribution in [0.3, 0.4) is 0 Å². The first kappa shape index (κ1) is 17.6. The Kier molecular flexibility index (Phi) is 5.42. The fourth-order valence-corrected chi connectivity index (χ4v) is 3.93. The zero-order valence-electron chi connectivity index (χ0n) is 14.8. The number of nitrogens with zero attached hydrogens (tertiary/aromatic N) is 2. The number of carbonyl (C=O) groups excluding carboxylic acids is 2. The number of amides is 2. The summed E-state index contributed by atoms with van der Waals surface area (Å²) in [5.41, 5.74) is -0.319. The third kappa shape index (κ3) is 3.73. The van der Waals surface area contributed by atoms with Gasteiger partial charge in [0.05, 0.1) is 19.7 Å². The maximum absolute atomic E-state index is 12.5. The summed E-state index contributed by atoms with van der Waals surface area (Å²) >= 11 is 0. The quantitative estimate of drug-likeness (QED) is 0.763. The molecule has 3 fully saturated rings. The van der Waals surface area contributed by atoms with Crippen molar-refractivity contribution in [2.24, 2.45) is 0 Å². The van der Waals surface area contributed by atoms with E-state index in [0.29, 0.717) is 38.9 Å². The van der Waals surface area contributed by atoms with Gasteiger partial charge < -0.3 is 19.7 Å². The Morgan fingerprint density at radius 2 is 1.96 bits per heavy atom.